The summed E-state index contributed by atoms with van der Waals surface area (Å²) in [5, 5.41) is 0. The standard InChI is InChI=1S/C14H30/c1-7-11-14(5,6)13(10-4)12(8-2)9-3/h12-13H,7-11H2,1-6H3. The van der Waals surface area contributed by atoms with E-state index in [1.54, 1.807) is 0 Å². The number of hydrogen-bond acceptors (Lipinski definition) is 0. The van der Waals surface area contributed by atoms with Gasteiger partial charge in [0, 0.05) is 0 Å². The maximum atomic E-state index is 2.46. The van der Waals surface area contributed by atoms with E-state index in [4.69, 9.17) is 0 Å². The minimum atomic E-state index is 0.542. The molecular weight excluding hydrogens is 168 g/mol. The Morgan fingerprint density at radius 3 is 1.64 bits per heavy atom. The fourth-order valence-electron chi connectivity index (χ4n) is 3.21. The summed E-state index contributed by atoms with van der Waals surface area (Å²) < 4.78 is 0. The monoisotopic (exact) mass is 198 g/mol. The molecular formula is C14H30. The van der Waals surface area contributed by atoms with E-state index in [1.165, 1.54) is 32.1 Å². The van der Waals surface area contributed by atoms with Crippen LogP contribution in [0.5, 0.6) is 0 Å². The first-order chi connectivity index (χ1) is 6.53. The van der Waals surface area contributed by atoms with E-state index in [0.717, 1.165) is 11.8 Å². The van der Waals surface area contributed by atoms with Crippen molar-refractivity contribution in [1.29, 1.82) is 0 Å². The number of rotatable bonds is 7. The van der Waals surface area contributed by atoms with Crippen LogP contribution in [0.4, 0.5) is 0 Å². The first kappa shape index (κ1) is 14.0. The Morgan fingerprint density at radius 2 is 1.36 bits per heavy atom. The summed E-state index contributed by atoms with van der Waals surface area (Å²) >= 11 is 0. The highest BCUT2D eigenvalue weighted by atomic mass is 14.4. The third kappa shape index (κ3) is 3.63. The zero-order chi connectivity index (χ0) is 11.2. The molecule has 0 aliphatic rings. The minimum absolute atomic E-state index is 0.542. The van der Waals surface area contributed by atoms with Crippen molar-refractivity contribution in [2.75, 3.05) is 0 Å². The molecule has 0 fully saturated rings. The highest BCUT2D eigenvalue weighted by molar-refractivity contribution is 4.81. The Balaban J connectivity index is 4.50. The van der Waals surface area contributed by atoms with Crippen LogP contribution in [0.2, 0.25) is 0 Å². The van der Waals surface area contributed by atoms with E-state index in [0.29, 0.717) is 5.41 Å². The van der Waals surface area contributed by atoms with E-state index in [1.807, 2.05) is 0 Å². The van der Waals surface area contributed by atoms with Gasteiger partial charge in [-0.05, 0) is 23.7 Å². The summed E-state index contributed by atoms with van der Waals surface area (Å²) in [6.07, 6.45) is 6.75. The van der Waals surface area contributed by atoms with Crippen molar-refractivity contribution in [2.45, 2.75) is 73.6 Å². The van der Waals surface area contributed by atoms with Crippen LogP contribution in [0.3, 0.4) is 0 Å². The average Bonchev–Trinajstić information content (AvgIpc) is 2.13. The smallest absolute Gasteiger partial charge is 0.0323 e. The van der Waals surface area contributed by atoms with Crippen molar-refractivity contribution in [1.82, 2.24) is 0 Å². The van der Waals surface area contributed by atoms with E-state index in [2.05, 4.69) is 41.5 Å². The number of hydrogen-bond donors (Lipinski definition) is 0. The van der Waals surface area contributed by atoms with Crippen LogP contribution in [0.1, 0.15) is 73.6 Å². The second-order valence-corrected chi connectivity index (χ2v) is 5.33. The van der Waals surface area contributed by atoms with E-state index in [9.17, 15) is 0 Å². The molecule has 0 saturated carbocycles. The predicted octanol–water partition coefficient (Wildman–Crippen LogP) is 5.28. The first-order valence-corrected chi connectivity index (χ1v) is 6.53. The molecule has 1 unspecified atom stereocenters. The molecule has 0 aromatic carbocycles. The second kappa shape index (κ2) is 6.48. The molecule has 0 nitrogen and oxygen atoms in total. The van der Waals surface area contributed by atoms with Crippen molar-refractivity contribution >= 4 is 0 Å². The molecule has 0 heteroatoms. The highest BCUT2D eigenvalue weighted by Crippen LogP contribution is 2.41. The molecule has 0 bridgehead atoms. The summed E-state index contributed by atoms with van der Waals surface area (Å²) in [5.74, 6) is 1.85. The maximum absolute atomic E-state index is 2.46. The molecule has 14 heavy (non-hydrogen) atoms. The van der Waals surface area contributed by atoms with Gasteiger partial charge in [0.25, 0.3) is 0 Å². The minimum Gasteiger partial charge on any atom is -0.0654 e. The van der Waals surface area contributed by atoms with Gasteiger partial charge in [-0.15, -0.1) is 0 Å². The van der Waals surface area contributed by atoms with Crippen LogP contribution < -0.4 is 0 Å². The topological polar surface area (TPSA) is 0 Å². The van der Waals surface area contributed by atoms with E-state index in [-0.39, 0.29) is 0 Å². The largest absolute Gasteiger partial charge is 0.0654 e. The lowest BCUT2D eigenvalue weighted by Crippen LogP contribution is -2.29. The molecule has 0 rings (SSSR count). The van der Waals surface area contributed by atoms with Gasteiger partial charge in [-0.2, -0.15) is 0 Å². The van der Waals surface area contributed by atoms with Gasteiger partial charge in [0.2, 0.25) is 0 Å². The molecule has 0 aliphatic carbocycles. The molecule has 0 amide bonds. The lowest BCUT2D eigenvalue weighted by Gasteiger charge is -2.39. The van der Waals surface area contributed by atoms with Gasteiger partial charge >= 0.3 is 0 Å². The van der Waals surface area contributed by atoms with Gasteiger partial charge in [-0.1, -0.05) is 67.2 Å². The van der Waals surface area contributed by atoms with Gasteiger partial charge in [0.05, 0.1) is 0 Å². The molecule has 0 spiro atoms. The van der Waals surface area contributed by atoms with Crippen molar-refractivity contribution < 1.29 is 0 Å². The van der Waals surface area contributed by atoms with Crippen LogP contribution in [-0.4, -0.2) is 0 Å². The molecule has 0 aromatic rings. The molecule has 0 heterocycles. The van der Waals surface area contributed by atoms with Gasteiger partial charge in [0.15, 0.2) is 0 Å². The van der Waals surface area contributed by atoms with Crippen LogP contribution >= 0.6 is 0 Å². The summed E-state index contributed by atoms with van der Waals surface area (Å²) in [4.78, 5) is 0. The summed E-state index contributed by atoms with van der Waals surface area (Å²) in [5.41, 5.74) is 0.542. The molecule has 0 radical (unpaired) electrons. The fourth-order valence-corrected chi connectivity index (χ4v) is 3.21. The van der Waals surface area contributed by atoms with Crippen LogP contribution in [-0.2, 0) is 0 Å². The zero-order valence-corrected chi connectivity index (χ0v) is 11.2. The Morgan fingerprint density at radius 1 is 0.857 bits per heavy atom. The fraction of sp³-hybridized carbons (Fsp3) is 1.00. The third-order valence-electron chi connectivity index (χ3n) is 3.96. The Kier molecular flexibility index (Phi) is 6.48. The van der Waals surface area contributed by atoms with Gasteiger partial charge in [-0.3, -0.25) is 0 Å². The summed E-state index contributed by atoms with van der Waals surface area (Å²) in [7, 11) is 0. The van der Waals surface area contributed by atoms with Crippen molar-refractivity contribution in [3.8, 4) is 0 Å². The molecule has 0 aromatic heterocycles. The molecule has 0 N–H and O–H groups in total. The van der Waals surface area contributed by atoms with Gasteiger partial charge in [0.1, 0.15) is 0 Å². The third-order valence-corrected chi connectivity index (χ3v) is 3.96. The Hall–Kier alpha value is 0. The molecule has 0 saturated heterocycles. The quantitative estimate of drug-likeness (QED) is 0.522. The van der Waals surface area contributed by atoms with Gasteiger partial charge in [-0.25, -0.2) is 0 Å². The van der Waals surface area contributed by atoms with Crippen molar-refractivity contribution in [3.63, 3.8) is 0 Å². The van der Waals surface area contributed by atoms with Crippen LogP contribution in [0.15, 0.2) is 0 Å². The average molecular weight is 198 g/mol. The van der Waals surface area contributed by atoms with Gasteiger partial charge < -0.3 is 0 Å². The second-order valence-electron chi connectivity index (χ2n) is 5.33. The van der Waals surface area contributed by atoms with Crippen molar-refractivity contribution in [3.05, 3.63) is 0 Å². The predicted molar refractivity (Wildman–Crippen MR) is 66.5 cm³/mol. The normalized spacial score (nSPS) is 14.8. The summed E-state index contributed by atoms with van der Waals surface area (Å²) in [6, 6.07) is 0. The lowest BCUT2D eigenvalue weighted by molar-refractivity contribution is 0.114. The van der Waals surface area contributed by atoms with Crippen LogP contribution in [0, 0.1) is 17.3 Å². The van der Waals surface area contributed by atoms with E-state index < -0.39 is 0 Å². The van der Waals surface area contributed by atoms with Crippen LogP contribution in [0.25, 0.3) is 0 Å². The molecule has 1 atom stereocenters. The van der Waals surface area contributed by atoms with Crippen molar-refractivity contribution in [2.24, 2.45) is 17.3 Å². The highest BCUT2D eigenvalue weighted by Gasteiger charge is 2.31. The Bertz CT molecular complexity index is 131. The molecule has 0 aliphatic heterocycles. The SMILES string of the molecule is CCCC(C)(C)C(CC)C(CC)CC. The first-order valence-electron chi connectivity index (χ1n) is 6.53. The maximum Gasteiger partial charge on any atom is -0.0323 e. The van der Waals surface area contributed by atoms with E-state index >= 15 is 0 Å². The lowest BCUT2D eigenvalue weighted by atomic mass is 9.67. The Labute approximate surface area is 91.5 Å². The zero-order valence-electron chi connectivity index (χ0n) is 11.2. The summed E-state index contributed by atoms with van der Waals surface area (Å²) in [6.45, 7) is 14.3. The molecule has 86 valence electrons.